The molecular weight excluding hydrogens is 392 g/mol. The van der Waals surface area contributed by atoms with Gasteiger partial charge in [0.15, 0.2) is 0 Å². The van der Waals surface area contributed by atoms with Crippen LogP contribution >= 0.6 is 0 Å². The van der Waals surface area contributed by atoms with E-state index in [0.29, 0.717) is 17.8 Å². The molecule has 1 unspecified atom stereocenters. The van der Waals surface area contributed by atoms with Crippen molar-refractivity contribution in [2.75, 3.05) is 18.2 Å². The number of nitrogens with one attached hydrogen (secondary N) is 2. The number of hydrogen-bond donors (Lipinski definition) is 3. The first-order chi connectivity index (χ1) is 14.9. The molecule has 0 radical (unpaired) electrons. The van der Waals surface area contributed by atoms with Gasteiger partial charge in [0.2, 0.25) is 11.8 Å². The summed E-state index contributed by atoms with van der Waals surface area (Å²) in [6.45, 7) is 5.95. The Morgan fingerprint density at radius 2 is 1.87 bits per heavy atom. The van der Waals surface area contributed by atoms with Crippen LogP contribution in [0.25, 0.3) is 0 Å². The summed E-state index contributed by atoms with van der Waals surface area (Å²) in [6, 6.07) is 13.0. The van der Waals surface area contributed by atoms with E-state index in [1.54, 1.807) is 13.2 Å². The Bertz CT molecular complexity index is 994. The van der Waals surface area contributed by atoms with Crippen molar-refractivity contribution in [2.45, 2.75) is 45.4 Å². The van der Waals surface area contributed by atoms with Crippen LogP contribution in [0.5, 0.6) is 5.75 Å². The van der Waals surface area contributed by atoms with E-state index in [-0.39, 0.29) is 17.7 Å². The smallest absolute Gasteiger partial charge is 0.240 e. The minimum Gasteiger partial charge on any atom is -0.497 e. The average Bonchev–Trinajstić information content (AvgIpc) is 3.59. The van der Waals surface area contributed by atoms with Crippen molar-refractivity contribution in [3.63, 3.8) is 0 Å². The fourth-order valence-corrected chi connectivity index (χ4v) is 3.75. The van der Waals surface area contributed by atoms with Gasteiger partial charge in [0, 0.05) is 17.9 Å². The Labute approximate surface area is 183 Å². The van der Waals surface area contributed by atoms with Crippen LogP contribution in [0.15, 0.2) is 47.6 Å². The molecule has 0 saturated heterocycles. The van der Waals surface area contributed by atoms with Crippen LogP contribution in [-0.2, 0) is 15.0 Å². The van der Waals surface area contributed by atoms with Gasteiger partial charge in [-0.25, -0.2) is 5.43 Å². The quantitative estimate of drug-likeness (QED) is 0.637. The zero-order valence-corrected chi connectivity index (χ0v) is 18.5. The molecule has 1 fully saturated rings. The van der Waals surface area contributed by atoms with Gasteiger partial charge in [0.25, 0.3) is 0 Å². The highest BCUT2D eigenvalue weighted by molar-refractivity contribution is 6.08. The van der Waals surface area contributed by atoms with Gasteiger partial charge in [0.05, 0.1) is 29.6 Å². The molecule has 4 N–H and O–H groups in total. The van der Waals surface area contributed by atoms with Crippen LogP contribution in [0.4, 0.5) is 11.4 Å². The van der Waals surface area contributed by atoms with Gasteiger partial charge in [-0.15, -0.1) is 0 Å². The number of nitrogen functional groups attached to an aromatic ring is 1. The molecule has 2 aromatic rings. The molecule has 0 bridgehead atoms. The lowest BCUT2D eigenvalue weighted by molar-refractivity contribution is -0.122. The maximum atomic E-state index is 13.1. The van der Waals surface area contributed by atoms with Gasteiger partial charge in [0.1, 0.15) is 5.75 Å². The van der Waals surface area contributed by atoms with Gasteiger partial charge in [-0.05, 0) is 42.7 Å². The molecule has 1 saturated carbocycles. The van der Waals surface area contributed by atoms with Crippen LogP contribution < -0.4 is 21.2 Å². The van der Waals surface area contributed by atoms with Crippen molar-refractivity contribution in [3.05, 3.63) is 53.6 Å². The summed E-state index contributed by atoms with van der Waals surface area (Å²) in [4.78, 5) is 24.6. The molecule has 1 heterocycles. The third-order valence-electron chi connectivity index (χ3n) is 5.68. The Balaban J connectivity index is 0.00000132. The molecule has 0 spiro atoms. The van der Waals surface area contributed by atoms with E-state index in [1.807, 2.05) is 57.2 Å². The number of hydrazone groups is 1. The summed E-state index contributed by atoms with van der Waals surface area (Å²) in [5.41, 5.74) is 11.7. The molecule has 4 rings (SSSR count). The summed E-state index contributed by atoms with van der Waals surface area (Å²) in [5, 5.41) is 7.19. The number of carbonyl (C=O) groups is 2. The van der Waals surface area contributed by atoms with Crippen molar-refractivity contribution < 1.29 is 14.3 Å². The minimum absolute atomic E-state index is 0.00926. The second-order valence-corrected chi connectivity index (χ2v) is 7.70. The van der Waals surface area contributed by atoms with Gasteiger partial charge in [-0.2, -0.15) is 5.10 Å². The number of hydrogen-bond acceptors (Lipinski definition) is 5. The Kier molecular flexibility index (Phi) is 6.63. The van der Waals surface area contributed by atoms with Crippen LogP contribution in [0.3, 0.4) is 0 Å². The standard InChI is InChI=1S/C22H24N4O3.C2H6/c1-13-11-19(27)25-26-20(13)14-3-8-17(23)18(12-14)24-21(28)22(9-10-22)15-4-6-16(29-2)7-5-15;1-2/h3-8,12-13H,9-11,23H2,1-2H3,(H,24,28)(H,25,27);1-2H3. The maximum Gasteiger partial charge on any atom is 0.240 e. The number of rotatable bonds is 5. The van der Waals surface area contributed by atoms with E-state index in [2.05, 4.69) is 15.8 Å². The summed E-state index contributed by atoms with van der Waals surface area (Å²) in [7, 11) is 1.62. The van der Waals surface area contributed by atoms with Gasteiger partial charge in [-0.1, -0.05) is 39.0 Å². The first-order valence-corrected chi connectivity index (χ1v) is 10.7. The van der Waals surface area contributed by atoms with Gasteiger partial charge in [-0.3, -0.25) is 9.59 Å². The Morgan fingerprint density at radius 1 is 1.19 bits per heavy atom. The second kappa shape index (κ2) is 9.20. The molecule has 164 valence electrons. The summed E-state index contributed by atoms with van der Waals surface area (Å²) < 4.78 is 5.21. The number of ether oxygens (including phenoxy) is 1. The van der Waals surface area contributed by atoms with Crippen molar-refractivity contribution >= 4 is 28.9 Å². The number of carbonyl (C=O) groups excluding carboxylic acids is 2. The highest BCUT2D eigenvalue weighted by atomic mass is 16.5. The Morgan fingerprint density at radius 3 is 2.45 bits per heavy atom. The van der Waals surface area contributed by atoms with Crippen molar-refractivity contribution in [3.8, 4) is 5.75 Å². The van der Waals surface area contributed by atoms with E-state index in [0.717, 1.165) is 35.4 Å². The third kappa shape index (κ3) is 4.55. The first kappa shape index (κ1) is 22.3. The van der Waals surface area contributed by atoms with Crippen LogP contribution in [0.2, 0.25) is 0 Å². The lowest BCUT2D eigenvalue weighted by atomic mass is 9.93. The summed E-state index contributed by atoms with van der Waals surface area (Å²) >= 11 is 0. The second-order valence-electron chi connectivity index (χ2n) is 7.70. The predicted octanol–water partition coefficient (Wildman–Crippen LogP) is 3.83. The Hall–Kier alpha value is -3.35. The highest BCUT2D eigenvalue weighted by Crippen LogP contribution is 2.49. The highest BCUT2D eigenvalue weighted by Gasteiger charge is 2.51. The molecule has 7 nitrogen and oxygen atoms in total. The molecule has 1 atom stereocenters. The monoisotopic (exact) mass is 422 g/mol. The average molecular weight is 423 g/mol. The fourth-order valence-electron chi connectivity index (χ4n) is 3.75. The van der Waals surface area contributed by atoms with Crippen molar-refractivity contribution in [2.24, 2.45) is 11.0 Å². The lowest BCUT2D eigenvalue weighted by Gasteiger charge is -2.21. The number of nitrogens with zero attached hydrogens (tertiary/aromatic N) is 1. The maximum absolute atomic E-state index is 13.1. The number of methoxy groups -OCH3 is 1. The number of amides is 2. The van der Waals surface area contributed by atoms with Crippen LogP contribution in [-0.4, -0.2) is 24.6 Å². The normalized spacial score (nSPS) is 18.6. The van der Waals surface area contributed by atoms with Crippen molar-refractivity contribution in [1.29, 1.82) is 0 Å². The van der Waals surface area contributed by atoms with Crippen LogP contribution in [0.1, 0.15) is 51.2 Å². The SMILES string of the molecule is CC.COc1ccc(C2(C(=O)Nc3cc(C4=NNC(=O)CC4C)ccc3N)CC2)cc1. The molecule has 2 amide bonds. The van der Waals surface area contributed by atoms with Crippen LogP contribution in [0, 0.1) is 5.92 Å². The van der Waals surface area contributed by atoms with E-state index in [9.17, 15) is 9.59 Å². The molecule has 31 heavy (non-hydrogen) atoms. The van der Waals surface area contributed by atoms with Gasteiger partial charge >= 0.3 is 0 Å². The predicted molar refractivity (Wildman–Crippen MR) is 123 cm³/mol. The number of benzene rings is 2. The largest absolute Gasteiger partial charge is 0.497 e. The fraction of sp³-hybridized carbons (Fsp3) is 0.375. The molecule has 2 aliphatic rings. The van der Waals surface area contributed by atoms with E-state index < -0.39 is 5.41 Å². The number of nitrogens with two attached hydrogens (primary N) is 1. The zero-order chi connectivity index (χ0) is 22.6. The zero-order valence-electron chi connectivity index (χ0n) is 18.5. The number of anilines is 2. The van der Waals surface area contributed by atoms with E-state index >= 15 is 0 Å². The first-order valence-electron chi connectivity index (χ1n) is 10.7. The van der Waals surface area contributed by atoms with E-state index in [4.69, 9.17) is 10.5 Å². The molecule has 1 aliphatic heterocycles. The molecule has 7 heteroatoms. The molecule has 0 aromatic heterocycles. The minimum atomic E-state index is -0.529. The third-order valence-corrected chi connectivity index (χ3v) is 5.68. The molecule has 1 aliphatic carbocycles. The molecule has 2 aromatic carbocycles. The lowest BCUT2D eigenvalue weighted by Crippen LogP contribution is -2.32. The van der Waals surface area contributed by atoms with Crippen molar-refractivity contribution in [1.82, 2.24) is 5.43 Å². The van der Waals surface area contributed by atoms with E-state index in [1.165, 1.54) is 0 Å². The summed E-state index contributed by atoms with van der Waals surface area (Å²) in [6.07, 6.45) is 1.96. The molecular formula is C24H30N4O3. The topological polar surface area (TPSA) is 106 Å². The summed E-state index contributed by atoms with van der Waals surface area (Å²) in [5.74, 6) is 0.584. The van der Waals surface area contributed by atoms with Gasteiger partial charge < -0.3 is 15.8 Å².